The largest absolute Gasteiger partial charge is 0.373 e. The van der Waals surface area contributed by atoms with Crippen molar-refractivity contribution < 1.29 is 13.3 Å². The van der Waals surface area contributed by atoms with Crippen LogP contribution in [0.1, 0.15) is 11.1 Å². The van der Waals surface area contributed by atoms with E-state index in [2.05, 4.69) is 0 Å². The summed E-state index contributed by atoms with van der Waals surface area (Å²) in [4.78, 5) is 0.456. The summed E-state index contributed by atoms with van der Waals surface area (Å²) in [5.74, 6) is 0. The van der Waals surface area contributed by atoms with Gasteiger partial charge in [-0.2, -0.15) is 4.39 Å². The zero-order valence-corrected chi connectivity index (χ0v) is 12.6. The number of ether oxygens (including phenoxy) is 1. The molecular weight excluding hydrogens is 287 g/mol. The fourth-order valence-electron chi connectivity index (χ4n) is 1.73. The van der Waals surface area contributed by atoms with Crippen molar-refractivity contribution in [2.75, 3.05) is 6.61 Å². The number of halogens is 1. The molecule has 2 aromatic carbocycles. The van der Waals surface area contributed by atoms with Crippen molar-refractivity contribution in [1.29, 1.82) is 0 Å². The average Bonchev–Trinajstić information content (AvgIpc) is 2.52. The van der Waals surface area contributed by atoms with Crippen LogP contribution in [0.3, 0.4) is 0 Å². The highest BCUT2D eigenvalue weighted by atomic mass is 32.2. The summed E-state index contributed by atoms with van der Waals surface area (Å²) in [5.41, 5.74) is 2.07. The molecule has 0 aliphatic rings. The molecule has 0 N–H and O–H groups in total. The molecule has 2 aromatic rings. The molecule has 2 rings (SSSR count). The lowest BCUT2D eigenvalue weighted by Gasteiger charge is -2.02. The monoisotopic (exact) mass is 304 g/mol. The second-order valence-electron chi connectivity index (χ2n) is 4.59. The van der Waals surface area contributed by atoms with Gasteiger partial charge in [-0.15, -0.1) is 0 Å². The molecule has 0 saturated heterocycles. The van der Waals surface area contributed by atoms with Crippen molar-refractivity contribution in [3.8, 4) is 0 Å². The van der Waals surface area contributed by atoms with Crippen LogP contribution in [0.15, 0.2) is 70.7 Å². The maximum absolute atomic E-state index is 13.8. The third-order valence-corrected chi connectivity index (χ3v) is 4.11. The molecule has 0 saturated carbocycles. The molecule has 0 fully saturated rings. The molecule has 110 valence electrons. The Hall–Kier alpha value is -1.78. The van der Waals surface area contributed by atoms with Crippen molar-refractivity contribution in [2.24, 2.45) is 0 Å². The molecule has 0 spiro atoms. The molecule has 0 aromatic heterocycles. The van der Waals surface area contributed by atoms with Gasteiger partial charge < -0.3 is 4.74 Å². The van der Waals surface area contributed by atoms with E-state index in [1.54, 1.807) is 12.1 Å². The maximum Gasteiger partial charge on any atom is 0.190 e. The number of hydrogen-bond acceptors (Lipinski definition) is 2. The van der Waals surface area contributed by atoms with Gasteiger partial charge in [0.25, 0.3) is 0 Å². The molecule has 0 amide bonds. The first-order valence-electron chi connectivity index (χ1n) is 6.62. The lowest BCUT2D eigenvalue weighted by Crippen LogP contribution is -1.96. The van der Waals surface area contributed by atoms with E-state index in [1.807, 2.05) is 49.4 Å². The number of hydrogen-bond donors (Lipinski definition) is 0. The summed E-state index contributed by atoms with van der Waals surface area (Å²) < 4.78 is 31.1. The Morgan fingerprint density at radius 1 is 1.14 bits per heavy atom. The van der Waals surface area contributed by atoms with Crippen molar-refractivity contribution in [3.63, 3.8) is 0 Å². The fraction of sp³-hybridized carbons (Fsp3) is 0.176. The smallest absolute Gasteiger partial charge is 0.190 e. The lowest BCUT2D eigenvalue weighted by molar-refractivity contribution is 0.148. The van der Waals surface area contributed by atoms with Gasteiger partial charge in [-0.1, -0.05) is 48.0 Å². The number of aryl methyl sites for hydroxylation is 1. The summed E-state index contributed by atoms with van der Waals surface area (Å²) >= 11 is 0. The molecule has 0 aliphatic carbocycles. The Morgan fingerprint density at radius 3 is 2.48 bits per heavy atom. The van der Waals surface area contributed by atoms with E-state index in [1.165, 1.54) is 6.08 Å². The minimum Gasteiger partial charge on any atom is -0.373 e. The summed E-state index contributed by atoms with van der Waals surface area (Å²) in [6.45, 7) is 2.43. The first-order valence-corrected chi connectivity index (χ1v) is 7.77. The quantitative estimate of drug-likeness (QED) is 0.750. The van der Waals surface area contributed by atoms with Crippen LogP contribution in [0, 0.1) is 6.92 Å². The minimum atomic E-state index is -1.77. The first-order chi connectivity index (χ1) is 10.2. The van der Waals surface area contributed by atoms with Crippen LogP contribution in [0.2, 0.25) is 0 Å². The normalized spacial score (nSPS) is 13.1. The van der Waals surface area contributed by atoms with Gasteiger partial charge in [-0.3, -0.25) is 0 Å². The highest BCUT2D eigenvalue weighted by molar-refractivity contribution is 7.88. The van der Waals surface area contributed by atoms with Crippen LogP contribution in [0.5, 0.6) is 0 Å². The standard InChI is InChI=1S/C17H17FO2S/c1-14-7-9-16(10-8-14)21(19)17(18)11-12-20-13-15-5-3-2-4-6-15/h2-11H,12-13H2,1H3/b17-11-/t21-/m0/s1. The van der Waals surface area contributed by atoms with Crippen LogP contribution in [0.4, 0.5) is 4.39 Å². The van der Waals surface area contributed by atoms with Crippen LogP contribution >= 0.6 is 0 Å². The van der Waals surface area contributed by atoms with E-state index in [-0.39, 0.29) is 6.61 Å². The third kappa shape index (κ3) is 4.92. The van der Waals surface area contributed by atoms with Gasteiger partial charge in [-0.05, 0) is 30.7 Å². The molecule has 2 nitrogen and oxygen atoms in total. The van der Waals surface area contributed by atoms with Gasteiger partial charge in [0.15, 0.2) is 5.16 Å². The summed E-state index contributed by atoms with van der Waals surface area (Å²) in [6, 6.07) is 16.6. The van der Waals surface area contributed by atoms with Gasteiger partial charge in [0, 0.05) is 4.90 Å². The SMILES string of the molecule is Cc1ccc([S@](=O)/C(F)=C\COCc2ccccc2)cc1. The van der Waals surface area contributed by atoms with E-state index in [9.17, 15) is 8.60 Å². The minimum absolute atomic E-state index is 0.0956. The van der Waals surface area contributed by atoms with E-state index in [4.69, 9.17) is 4.74 Å². The first kappa shape index (κ1) is 15.6. The maximum atomic E-state index is 13.8. The van der Waals surface area contributed by atoms with Crippen LogP contribution < -0.4 is 0 Å². The summed E-state index contributed by atoms with van der Waals surface area (Å²) in [7, 11) is -1.77. The molecule has 0 aliphatic heterocycles. The molecule has 0 unspecified atom stereocenters. The Bertz CT molecular complexity index is 621. The highest BCUT2D eigenvalue weighted by Gasteiger charge is 2.09. The Kier molecular flexibility index (Phi) is 5.84. The predicted molar refractivity (Wildman–Crippen MR) is 82.9 cm³/mol. The number of rotatable bonds is 6. The van der Waals surface area contributed by atoms with Crippen molar-refractivity contribution in [1.82, 2.24) is 0 Å². The lowest BCUT2D eigenvalue weighted by atomic mass is 10.2. The Morgan fingerprint density at radius 2 is 1.81 bits per heavy atom. The molecule has 0 radical (unpaired) electrons. The second-order valence-corrected chi connectivity index (χ2v) is 5.99. The molecule has 21 heavy (non-hydrogen) atoms. The topological polar surface area (TPSA) is 26.3 Å². The zero-order valence-electron chi connectivity index (χ0n) is 11.8. The third-order valence-electron chi connectivity index (χ3n) is 2.89. The van der Waals surface area contributed by atoms with Gasteiger partial charge in [0.05, 0.1) is 13.2 Å². The summed E-state index contributed by atoms with van der Waals surface area (Å²) in [5, 5.41) is -0.674. The van der Waals surface area contributed by atoms with Crippen LogP contribution in [-0.4, -0.2) is 10.8 Å². The van der Waals surface area contributed by atoms with Crippen molar-refractivity contribution in [2.45, 2.75) is 18.4 Å². The Labute approximate surface area is 126 Å². The Balaban J connectivity index is 1.86. The van der Waals surface area contributed by atoms with E-state index >= 15 is 0 Å². The van der Waals surface area contributed by atoms with Crippen LogP contribution in [-0.2, 0) is 22.1 Å². The van der Waals surface area contributed by atoms with Crippen molar-refractivity contribution >= 4 is 10.8 Å². The molecule has 4 heteroatoms. The van der Waals surface area contributed by atoms with Gasteiger partial charge in [-0.25, -0.2) is 4.21 Å². The predicted octanol–water partition coefficient (Wildman–Crippen LogP) is 4.13. The van der Waals surface area contributed by atoms with E-state index in [0.29, 0.717) is 11.5 Å². The summed E-state index contributed by atoms with van der Waals surface area (Å²) in [6.07, 6.45) is 1.22. The molecule has 0 bridgehead atoms. The molecule has 1 atom stereocenters. The molecule has 0 heterocycles. The van der Waals surface area contributed by atoms with Gasteiger partial charge in [0.2, 0.25) is 0 Å². The van der Waals surface area contributed by atoms with E-state index in [0.717, 1.165) is 11.1 Å². The van der Waals surface area contributed by atoms with E-state index < -0.39 is 16.0 Å². The van der Waals surface area contributed by atoms with Gasteiger partial charge in [0.1, 0.15) is 10.8 Å². The second kappa shape index (κ2) is 7.86. The zero-order chi connectivity index (χ0) is 15.1. The van der Waals surface area contributed by atoms with Gasteiger partial charge >= 0.3 is 0 Å². The fourth-order valence-corrected chi connectivity index (χ4v) is 2.55. The number of benzene rings is 2. The van der Waals surface area contributed by atoms with Crippen molar-refractivity contribution in [3.05, 3.63) is 77.0 Å². The highest BCUT2D eigenvalue weighted by Crippen LogP contribution is 2.16. The average molecular weight is 304 g/mol. The molecular formula is C17H17FO2S. The van der Waals surface area contributed by atoms with Crippen LogP contribution in [0.25, 0.3) is 0 Å².